The molecule has 16 heavy (non-hydrogen) atoms. The van der Waals surface area contributed by atoms with Crippen molar-refractivity contribution in [2.45, 2.75) is 6.92 Å². The minimum Gasteiger partial charge on any atom is -0.478 e. The third-order valence-corrected chi connectivity index (χ3v) is 1.80. The number of nitrogens with two attached hydrogens (primary N) is 1. The van der Waals surface area contributed by atoms with Gasteiger partial charge in [-0.15, -0.1) is 0 Å². The van der Waals surface area contributed by atoms with E-state index in [0.717, 1.165) is 5.76 Å². The Morgan fingerprint density at radius 1 is 1.31 bits per heavy atom. The molecular weight excluding hydrogens is 206 g/mol. The van der Waals surface area contributed by atoms with Gasteiger partial charge in [0.05, 0.1) is 11.8 Å². The van der Waals surface area contributed by atoms with Gasteiger partial charge in [-0.3, -0.25) is 0 Å². The van der Waals surface area contributed by atoms with E-state index in [2.05, 4.69) is 0 Å². The second-order valence-electron chi connectivity index (χ2n) is 3.15. The number of furan rings is 1. The summed E-state index contributed by atoms with van der Waals surface area (Å²) in [4.78, 5) is 10.3. The average molecular weight is 219 g/mol. The molecule has 1 heterocycles. The van der Waals surface area contributed by atoms with Crippen LogP contribution in [-0.2, 0) is 0 Å². The summed E-state index contributed by atoms with van der Waals surface area (Å²) in [5, 5.41) is 8.45. The Hall–Kier alpha value is -2.23. The molecule has 0 fully saturated rings. The van der Waals surface area contributed by atoms with Gasteiger partial charge in [0.1, 0.15) is 5.76 Å². The molecule has 0 spiro atoms. The van der Waals surface area contributed by atoms with Crippen molar-refractivity contribution >= 4 is 11.7 Å². The van der Waals surface area contributed by atoms with Gasteiger partial charge in [0.25, 0.3) is 0 Å². The maximum atomic E-state index is 10.3. The van der Waals surface area contributed by atoms with Crippen LogP contribution < -0.4 is 5.73 Å². The molecule has 1 aromatic heterocycles. The van der Waals surface area contributed by atoms with Gasteiger partial charge in [-0.1, -0.05) is 6.07 Å². The van der Waals surface area contributed by atoms with Crippen LogP contribution in [-0.4, -0.2) is 11.1 Å². The van der Waals surface area contributed by atoms with E-state index in [-0.39, 0.29) is 5.56 Å². The molecule has 2 rings (SSSR count). The predicted octanol–water partition coefficient (Wildman–Crippen LogP) is 2.56. The maximum Gasteiger partial charge on any atom is 0.335 e. The molecule has 84 valence electrons. The SMILES string of the molecule is Cc1ccco1.Nc1cccc(C(=O)O)c1. The molecule has 0 aliphatic heterocycles. The van der Waals surface area contributed by atoms with Crippen molar-refractivity contribution in [1.82, 2.24) is 0 Å². The molecule has 3 N–H and O–H groups in total. The zero-order chi connectivity index (χ0) is 12.0. The van der Waals surface area contributed by atoms with Crippen molar-refractivity contribution in [3.8, 4) is 0 Å². The van der Waals surface area contributed by atoms with Gasteiger partial charge in [0.2, 0.25) is 0 Å². The lowest BCUT2D eigenvalue weighted by Crippen LogP contribution is -1.96. The summed E-state index contributed by atoms with van der Waals surface area (Å²) in [7, 11) is 0. The summed E-state index contributed by atoms with van der Waals surface area (Å²) in [6.45, 7) is 1.92. The van der Waals surface area contributed by atoms with Crippen LogP contribution in [0.4, 0.5) is 5.69 Å². The van der Waals surface area contributed by atoms with E-state index in [1.165, 1.54) is 12.1 Å². The van der Waals surface area contributed by atoms with Gasteiger partial charge in [-0.05, 0) is 37.3 Å². The van der Waals surface area contributed by atoms with Crippen molar-refractivity contribution in [2.24, 2.45) is 0 Å². The van der Waals surface area contributed by atoms with E-state index < -0.39 is 5.97 Å². The Labute approximate surface area is 93.3 Å². The average Bonchev–Trinajstić information content (AvgIpc) is 2.70. The van der Waals surface area contributed by atoms with E-state index in [1.807, 2.05) is 19.1 Å². The third kappa shape index (κ3) is 3.88. The van der Waals surface area contributed by atoms with Crippen LogP contribution in [0, 0.1) is 6.92 Å². The highest BCUT2D eigenvalue weighted by atomic mass is 16.4. The number of aryl methyl sites for hydroxylation is 1. The van der Waals surface area contributed by atoms with Crippen LogP contribution >= 0.6 is 0 Å². The molecule has 0 aliphatic rings. The first kappa shape index (κ1) is 11.8. The number of hydrogen-bond acceptors (Lipinski definition) is 3. The molecule has 0 bridgehead atoms. The summed E-state index contributed by atoms with van der Waals surface area (Å²) in [5.74, 6) is 0.0160. The van der Waals surface area contributed by atoms with E-state index in [4.69, 9.17) is 15.3 Å². The number of aromatic carboxylic acids is 1. The second-order valence-corrected chi connectivity index (χ2v) is 3.15. The highest BCUT2D eigenvalue weighted by Crippen LogP contribution is 2.05. The lowest BCUT2D eigenvalue weighted by Gasteiger charge is -1.93. The number of hydrogen-bond donors (Lipinski definition) is 2. The molecule has 4 heteroatoms. The molecule has 0 aliphatic carbocycles. The Morgan fingerprint density at radius 3 is 2.38 bits per heavy atom. The molecule has 0 saturated heterocycles. The number of anilines is 1. The zero-order valence-corrected chi connectivity index (χ0v) is 8.88. The Morgan fingerprint density at radius 2 is 2.06 bits per heavy atom. The molecule has 0 atom stereocenters. The highest BCUT2D eigenvalue weighted by molar-refractivity contribution is 5.88. The van der Waals surface area contributed by atoms with Crippen molar-refractivity contribution < 1.29 is 14.3 Å². The molecule has 1 aromatic carbocycles. The maximum absolute atomic E-state index is 10.3. The molecule has 2 aromatic rings. The smallest absolute Gasteiger partial charge is 0.335 e. The van der Waals surface area contributed by atoms with Crippen molar-refractivity contribution in [3.63, 3.8) is 0 Å². The van der Waals surface area contributed by atoms with Crippen molar-refractivity contribution in [1.29, 1.82) is 0 Å². The molecule has 0 radical (unpaired) electrons. The lowest BCUT2D eigenvalue weighted by atomic mass is 10.2. The summed E-state index contributed by atoms with van der Waals surface area (Å²) in [6.07, 6.45) is 1.66. The second kappa shape index (κ2) is 5.60. The number of benzene rings is 1. The van der Waals surface area contributed by atoms with Crippen molar-refractivity contribution in [3.05, 3.63) is 54.0 Å². The van der Waals surface area contributed by atoms with Crippen LogP contribution in [0.25, 0.3) is 0 Å². The van der Waals surface area contributed by atoms with Crippen LogP contribution in [0.5, 0.6) is 0 Å². The largest absolute Gasteiger partial charge is 0.478 e. The van der Waals surface area contributed by atoms with Gasteiger partial charge >= 0.3 is 5.97 Å². The fourth-order valence-electron chi connectivity index (χ4n) is 1.03. The Balaban J connectivity index is 0.000000181. The molecule has 0 unspecified atom stereocenters. The zero-order valence-electron chi connectivity index (χ0n) is 8.88. The van der Waals surface area contributed by atoms with E-state index in [9.17, 15) is 4.79 Å². The van der Waals surface area contributed by atoms with Crippen LogP contribution in [0.15, 0.2) is 47.1 Å². The first-order valence-electron chi connectivity index (χ1n) is 4.68. The first-order valence-corrected chi connectivity index (χ1v) is 4.68. The molecule has 0 saturated carbocycles. The van der Waals surface area contributed by atoms with E-state index >= 15 is 0 Å². The predicted molar refractivity (Wildman–Crippen MR) is 61.3 cm³/mol. The van der Waals surface area contributed by atoms with Crippen LogP contribution in [0.1, 0.15) is 16.1 Å². The molecule has 0 amide bonds. The minimum absolute atomic E-state index is 0.222. The van der Waals surface area contributed by atoms with Crippen LogP contribution in [0.3, 0.4) is 0 Å². The lowest BCUT2D eigenvalue weighted by molar-refractivity contribution is 0.0697. The van der Waals surface area contributed by atoms with Gasteiger partial charge < -0.3 is 15.3 Å². The number of carboxylic acid groups (broad SMARTS) is 1. The molecular formula is C12H13NO3. The summed E-state index contributed by atoms with van der Waals surface area (Å²) in [6, 6.07) is 9.96. The van der Waals surface area contributed by atoms with Gasteiger partial charge in [-0.2, -0.15) is 0 Å². The van der Waals surface area contributed by atoms with Gasteiger partial charge in [0.15, 0.2) is 0 Å². The number of nitrogen functional groups attached to an aromatic ring is 1. The van der Waals surface area contributed by atoms with Crippen LogP contribution in [0.2, 0.25) is 0 Å². The first-order chi connectivity index (χ1) is 7.59. The quantitative estimate of drug-likeness (QED) is 0.722. The third-order valence-electron chi connectivity index (χ3n) is 1.80. The Bertz CT molecular complexity index is 449. The fraction of sp³-hybridized carbons (Fsp3) is 0.0833. The van der Waals surface area contributed by atoms with Gasteiger partial charge in [-0.25, -0.2) is 4.79 Å². The highest BCUT2D eigenvalue weighted by Gasteiger charge is 1.99. The number of carboxylic acids is 1. The number of rotatable bonds is 1. The van der Waals surface area contributed by atoms with E-state index in [1.54, 1.807) is 18.4 Å². The minimum atomic E-state index is -0.952. The standard InChI is InChI=1S/C7H7NO2.C5H6O/c8-6-3-1-2-5(4-6)7(9)10;1-5-3-2-4-6-5/h1-4H,8H2,(H,9,10);2-4H,1H3. The summed E-state index contributed by atoms with van der Waals surface area (Å²) in [5.41, 5.74) is 6.03. The Kier molecular flexibility index (Phi) is 4.15. The van der Waals surface area contributed by atoms with Gasteiger partial charge in [0, 0.05) is 5.69 Å². The summed E-state index contributed by atoms with van der Waals surface area (Å²) >= 11 is 0. The topological polar surface area (TPSA) is 76.5 Å². The van der Waals surface area contributed by atoms with Crippen molar-refractivity contribution in [2.75, 3.05) is 5.73 Å². The summed E-state index contributed by atoms with van der Waals surface area (Å²) < 4.78 is 4.83. The monoisotopic (exact) mass is 219 g/mol. The van der Waals surface area contributed by atoms with E-state index in [0.29, 0.717) is 5.69 Å². The number of carbonyl (C=O) groups is 1. The fourth-order valence-corrected chi connectivity index (χ4v) is 1.03. The molecule has 4 nitrogen and oxygen atoms in total. The normalized spacial score (nSPS) is 9.06.